The number of aliphatic hydroxyl groups is 6. The maximum atomic E-state index is 14.6. The van der Waals surface area contributed by atoms with Crippen molar-refractivity contribution in [2.75, 3.05) is 6.61 Å². The molecule has 3 fully saturated rings. The largest absolute Gasteiger partial charge is 0.508 e. The third-order valence-corrected chi connectivity index (χ3v) is 12.5. The average Bonchev–Trinajstić information content (AvgIpc) is 3.37. The fraction of sp³-hybridized carbons (Fsp3) is 0.353. The highest BCUT2D eigenvalue weighted by molar-refractivity contribution is 5.89. The molecule has 0 saturated carbocycles. The van der Waals surface area contributed by atoms with E-state index in [4.69, 9.17) is 42.3 Å². The Bertz CT molecular complexity index is 3030. The number of phenolic OH excluding ortho intramolecular Hbond substituents is 7. The predicted octanol–water partition coefficient (Wildman–Crippen LogP) is 0.810. The first-order valence-corrected chi connectivity index (χ1v) is 23.2. The number of carbonyl (C=O) groups is 2. The number of hydrogen-bond donors (Lipinski definition) is 13. The van der Waals surface area contributed by atoms with Gasteiger partial charge in [0.25, 0.3) is 0 Å². The van der Waals surface area contributed by atoms with E-state index in [0.29, 0.717) is 5.56 Å². The van der Waals surface area contributed by atoms with Crippen molar-refractivity contribution in [2.45, 2.75) is 106 Å². The quantitative estimate of drug-likeness (QED) is 0.0416. The van der Waals surface area contributed by atoms with E-state index in [0.717, 1.165) is 42.5 Å². The molecule has 3 saturated heterocycles. The van der Waals surface area contributed by atoms with Crippen LogP contribution in [-0.2, 0) is 42.7 Å². The summed E-state index contributed by atoms with van der Waals surface area (Å²) < 4.78 is 53.2. The molecule has 0 unspecified atom stereocenters. The van der Waals surface area contributed by atoms with Gasteiger partial charge in [0.2, 0.25) is 17.5 Å². The summed E-state index contributed by atoms with van der Waals surface area (Å²) in [6.45, 7) is 1.85. The molecule has 13 N–H and O–H groups in total. The molecule has 0 radical (unpaired) electrons. The fourth-order valence-electron chi connectivity index (χ4n) is 8.43. The second-order valence-corrected chi connectivity index (χ2v) is 17.9. The molecule has 3 aliphatic heterocycles. The van der Waals surface area contributed by atoms with E-state index in [2.05, 4.69) is 0 Å². The van der Waals surface area contributed by atoms with Gasteiger partial charge in [0.1, 0.15) is 70.9 Å². The number of benzene rings is 4. The number of ether oxygens (including phenoxy) is 8. The van der Waals surface area contributed by atoms with E-state index in [1.807, 2.05) is 0 Å². The Hall–Kier alpha value is -7.53. The van der Waals surface area contributed by atoms with Crippen LogP contribution < -0.4 is 10.2 Å². The summed E-state index contributed by atoms with van der Waals surface area (Å²) in [5.74, 6) is -7.38. The molecule has 8 rings (SSSR count). The molecule has 0 aliphatic carbocycles. The summed E-state index contributed by atoms with van der Waals surface area (Å²) in [4.78, 5) is 41.4. The van der Waals surface area contributed by atoms with Crippen LogP contribution in [0.1, 0.15) is 25.0 Å². The number of esters is 2. The van der Waals surface area contributed by atoms with Crippen LogP contribution in [0, 0.1) is 0 Å². The Balaban J connectivity index is 1.18. The highest BCUT2D eigenvalue weighted by Crippen LogP contribution is 2.41. The zero-order valence-electron chi connectivity index (χ0n) is 39.8. The SMILES string of the molecule is C[C@@H]1O[C@@H](OC[C@H]2O[C@@H](Oc3c(-c4ccc(O)c(O)c4)oc4cc(O)cc(O)c4c3=O)[C@H](O[C@@H]3O[C@@H](C)[C@H](OC(=O)C=Cc4ccc(O)c(O)c4)[C@@H](O)[C@H]3O)[C@@H](OC(=O)C=Cc3ccc(O)cc3)[C@H]2O)[C@H](O)[C@H](O)[C@H]1O. The van der Waals surface area contributed by atoms with Gasteiger partial charge in [-0.25, -0.2) is 9.59 Å². The van der Waals surface area contributed by atoms with Crippen LogP contribution in [0.3, 0.4) is 0 Å². The Kier molecular flexibility index (Phi) is 16.4. The van der Waals surface area contributed by atoms with E-state index in [-0.39, 0.29) is 16.9 Å². The van der Waals surface area contributed by atoms with Crippen molar-refractivity contribution in [3.8, 4) is 57.3 Å². The number of rotatable bonds is 14. The molecular weight excluding hydrogens is 1010 g/mol. The van der Waals surface area contributed by atoms with Gasteiger partial charge in [0, 0.05) is 29.8 Å². The Morgan fingerprint density at radius 1 is 0.553 bits per heavy atom. The normalized spacial score (nSPS) is 29.9. The summed E-state index contributed by atoms with van der Waals surface area (Å²) in [5.41, 5.74) is -1.15. The molecule has 0 bridgehead atoms. The minimum atomic E-state index is -2.22. The highest BCUT2D eigenvalue weighted by Gasteiger charge is 2.55. The lowest BCUT2D eigenvalue weighted by Crippen LogP contribution is -2.66. The fourth-order valence-corrected chi connectivity index (χ4v) is 8.43. The van der Waals surface area contributed by atoms with Crippen molar-refractivity contribution >= 4 is 35.1 Å². The van der Waals surface area contributed by atoms with Crippen LogP contribution in [0.25, 0.3) is 34.4 Å². The van der Waals surface area contributed by atoms with E-state index in [1.165, 1.54) is 68.5 Å². The second-order valence-electron chi connectivity index (χ2n) is 17.9. The molecule has 76 heavy (non-hydrogen) atoms. The maximum absolute atomic E-state index is 14.6. The van der Waals surface area contributed by atoms with E-state index in [1.54, 1.807) is 0 Å². The molecule has 25 heteroatoms. The maximum Gasteiger partial charge on any atom is 0.331 e. The minimum absolute atomic E-state index is 0.0878. The van der Waals surface area contributed by atoms with E-state index in [9.17, 15) is 80.8 Å². The lowest BCUT2D eigenvalue weighted by atomic mass is 9.96. The molecule has 4 aromatic carbocycles. The van der Waals surface area contributed by atoms with Gasteiger partial charge in [-0.05, 0) is 79.6 Å². The summed E-state index contributed by atoms with van der Waals surface area (Å²) >= 11 is 0. The number of aromatic hydroxyl groups is 7. The number of phenols is 7. The Morgan fingerprint density at radius 3 is 1.83 bits per heavy atom. The van der Waals surface area contributed by atoms with Crippen molar-refractivity contribution in [3.05, 3.63) is 106 Å². The van der Waals surface area contributed by atoms with Gasteiger partial charge in [-0.2, -0.15) is 0 Å². The van der Waals surface area contributed by atoms with Crippen LogP contribution >= 0.6 is 0 Å². The van der Waals surface area contributed by atoms with E-state index >= 15 is 0 Å². The van der Waals surface area contributed by atoms with Gasteiger partial charge < -0.3 is 109 Å². The Labute approximate surface area is 428 Å². The molecule has 5 aromatic rings. The van der Waals surface area contributed by atoms with Crippen molar-refractivity contribution in [1.29, 1.82) is 0 Å². The third kappa shape index (κ3) is 11.8. The van der Waals surface area contributed by atoms with E-state index < -0.39 is 173 Å². The number of hydrogen-bond acceptors (Lipinski definition) is 25. The predicted molar refractivity (Wildman–Crippen MR) is 255 cm³/mol. The van der Waals surface area contributed by atoms with Crippen LogP contribution in [0.2, 0.25) is 0 Å². The first-order chi connectivity index (χ1) is 36.1. The molecule has 0 amide bonds. The number of aliphatic hydroxyl groups excluding tert-OH is 6. The zero-order valence-corrected chi connectivity index (χ0v) is 39.8. The van der Waals surface area contributed by atoms with Gasteiger partial charge in [0.05, 0.1) is 18.8 Å². The van der Waals surface area contributed by atoms with Crippen molar-refractivity contribution < 1.29 is 118 Å². The first-order valence-electron chi connectivity index (χ1n) is 23.2. The first kappa shape index (κ1) is 54.7. The molecule has 4 heterocycles. The van der Waals surface area contributed by atoms with Gasteiger partial charge in [-0.3, -0.25) is 4.79 Å². The number of carbonyl (C=O) groups excluding carboxylic acids is 2. The van der Waals surface area contributed by atoms with Crippen molar-refractivity contribution in [3.63, 3.8) is 0 Å². The average molecular weight is 1060 g/mol. The lowest BCUT2D eigenvalue weighted by Gasteiger charge is -2.47. The lowest BCUT2D eigenvalue weighted by molar-refractivity contribution is -0.360. The number of fused-ring (bicyclic) bond motifs is 1. The van der Waals surface area contributed by atoms with Gasteiger partial charge in [-0.15, -0.1) is 0 Å². The minimum Gasteiger partial charge on any atom is -0.508 e. The van der Waals surface area contributed by atoms with Crippen LogP contribution in [0.5, 0.6) is 46.0 Å². The topological polar surface area (TPSA) is 401 Å². The summed E-state index contributed by atoms with van der Waals surface area (Å²) in [7, 11) is 0. The van der Waals surface area contributed by atoms with Crippen LogP contribution in [-0.4, -0.2) is 177 Å². The second kappa shape index (κ2) is 22.7. The standard InChI is InChI=1S/C51H52O25/c1-20-37(61)40(64)42(66)49(69-20)68-19-33-38(62)46(74-35(60)13-6-22-3-9-25(52)10-4-22)48(76-50-43(67)41(65)44(21(2)70-50)73-34(59)14-7-23-5-11-27(54)29(56)15-23)51(72-33)75-47-39(63)36-31(58)17-26(53)18-32(36)71-45(47)24-8-12-28(55)30(57)16-24/h3-18,20-21,33,37-38,40-44,46,48-58,61-62,64-67H,19H2,1-2H3/t20-,21-,33+,37-,38-,40+,41-,42+,43+,44-,46-,48+,49+,50-,51-/m0/s1. The molecule has 25 nitrogen and oxygen atoms in total. The smallest absolute Gasteiger partial charge is 0.331 e. The monoisotopic (exact) mass is 1060 g/mol. The van der Waals surface area contributed by atoms with Crippen molar-refractivity contribution in [2.24, 2.45) is 0 Å². The summed E-state index contributed by atoms with van der Waals surface area (Å²) in [5, 5.41) is 137. The molecule has 406 valence electrons. The van der Waals surface area contributed by atoms with Crippen LogP contribution in [0.4, 0.5) is 0 Å². The summed E-state index contributed by atoms with van der Waals surface area (Å²) in [6, 6.07) is 14.1. The van der Waals surface area contributed by atoms with Gasteiger partial charge >= 0.3 is 11.9 Å². The highest BCUT2D eigenvalue weighted by atomic mass is 16.8. The Morgan fingerprint density at radius 2 is 1.16 bits per heavy atom. The molecule has 3 aliphatic rings. The van der Waals surface area contributed by atoms with Crippen molar-refractivity contribution in [1.82, 2.24) is 0 Å². The van der Waals surface area contributed by atoms with Crippen LogP contribution in [0.15, 0.2) is 94.2 Å². The zero-order chi connectivity index (χ0) is 54.9. The van der Waals surface area contributed by atoms with Gasteiger partial charge in [-0.1, -0.05) is 18.2 Å². The summed E-state index contributed by atoms with van der Waals surface area (Å²) in [6.07, 6.45) is -23.2. The third-order valence-electron chi connectivity index (χ3n) is 12.5. The molecule has 0 spiro atoms. The van der Waals surface area contributed by atoms with Gasteiger partial charge in [0.15, 0.2) is 59.7 Å². The molecular formula is C51H52O25. The molecule has 1 aromatic heterocycles. The molecule has 15 atom stereocenters.